The van der Waals surface area contributed by atoms with Crippen LogP contribution in [0.25, 0.3) is 0 Å². The average molecular weight is 468 g/mol. The van der Waals surface area contributed by atoms with E-state index < -0.39 is 4.92 Å². The SMILES string of the molecule is O=C(Cc1ccc(Br)cc1)N/N=C/c1cccc(OCc2ccc([N+](=O)[O-])cc2)c1. The predicted molar refractivity (Wildman–Crippen MR) is 117 cm³/mol. The maximum atomic E-state index is 12.0. The zero-order chi connectivity index (χ0) is 21.3. The quantitative estimate of drug-likeness (QED) is 0.296. The van der Waals surface area contributed by atoms with Crippen LogP contribution >= 0.6 is 15.9 Å². The number of nitrogens with zero attached hydrogens (tertiary/aromatic N) is 2. The summed E-state index contributed by atoms with van der Waals surface area (Å²) in [6.07, 6.45) is 1.78. The lowest BCUT2D eigenvalue weighted by Gasteiger charge is -2.07. The molecule has 0 bridgehead atoms. The number of carbonyl (C=O) groups excluding carboxylic acids is 1. The van der Waals surface area contributed by atoms with Crippen LogP contribution in [0.4, 0.5) is 5.69 Å². The van der Waals surface area contributed by atoms with Crippen molar-refractivity contribution >= 4 is 33.7 Å². The molecule has 0 fully saturated rings. The summed E-state index contributed by atoms with van der Waals surface area (Å²) in [5.41, 5.74) is 5.03. The lowest BCUT2D eigenvalue weighted by molar-refractivity contribution is -0.384. The molecule has 0 unspecified atom stereocenters. The van der Waals surface area contributed by atoms with Crippen LogP contribution in [0.5, 0.6) is 5.75 Å². The lowest BCUT2D eigenvalue weighted by Crippen LogP contribution is -2.19. The third-order valence-electron chi connectivity index (χ3n) is 4.09. The van der Waals surface area contributed by atoms with Crippen molar-refractivity contribution in [2.75, 3.05) is 0 Å². The van der Waals surface area contributed by atoms with E-state index in [9.17, 15) is 14.9 Å². The van der Waals surface area contributed by atoms with Crippen molar-refractivity contribution in [2.24, 2.45) is 5.10 Å². The summed E-state index contributed by atoms with van der Waals surface area (Å²) < 4.78 is 6.69. The molecule has 3 aromatic carbocycles. The molecule has 0 atom stereocenters. The molecular formula is C22H18BrN3O4. The maximum Gasteiger partial charge on any atom is 0.269 e. The molecule has 8 heteroatoms. The number of nitrogens with one attached hydrogen (secondary N) is 1. The molecule has 0 saturated carbocycles. The molecule has 152 valence electrons. The highest BCUT2D eigenvalue weighted by molar-refractivity contribution is 9.10. The van der Waals surface area contributed by atoms with E-state index in [1.807, 2.05) is 36.4 Å². The van der Waals surface area contributed by atoms with Crippen molar-refractivity contribution < 1.29 is 14.5 Å². The number of carbonyl (C=O) groups is 1. The molecular weight excluding hydrogens is 450 g/mol. The van der Waals surface area contributed by atoms with E-state index in [4.69, 9.17) is 4.74 Å². The Morgan fingerprint density at radius 2 is 1.77 bits per heavy atom. The van der Waals surface area contributed by atoms with Gasteiger partial charge in [-0.1, -0.05) is 40.2 Å². The molecule has 0 aliphatic heterocycles. The summed E-state index contributed by atoms with van der Waals surface area (Å²) in [5.74, 6) is 0.414. The Morgan fingerprint density at radius 3 is 2.47 bits per heavy atom. The minimum atomic E-state index is -0.439. The Kier molecular flexibility index (Phi) is 7.29. The van der Waals surface area contributed by atoms with Gasteiger partial charge in [-0.15, -0.1) is 0 Å². The van der Waals surface area contributed by atoms with Gasteiger partial charge in [0.05, 0.1) is 17.6 Å². The first kappa shape index (κ1) is 21.2. The van der Waals surface area contributed by atoms with E-state index in [0.717, 1.165) is 21.2 Å². The van der Waals surface area contributed by atoms with Crippen molar-refractivity contribution in [3.63, 3.8) is 0 Å². The standard InChI is InChI=1S/C22H18BrN3O4/c23-19-8-4-16(5-9-19)13-22(27)25-24-14-18-2-1-3-21(12-18)30-15-17-6-10-20(11-7-17)26(28)29/h1-12,14H,13,15H2,(H,25,27)/b24-14+. The molecule has 1 N–H and O–H groups in total. The fourth-order valence-corrected chi connectivity index (χ4v) is 2.84. The molecule has 0 aliphatic rings. The summed E-state index contributed by atoms with van der Waals surface area (Å²) in [6, 6.07) is 21.0. The third-order valence-corrected chi connectivity index (χ3v) is 4.62. The highest BCUT2D eigenvalue weighted by Crippen LogP contribution is 2.16. The van der Waals surface area contributed by atoms with Gasteiger partial charge in [0.25, 0.3) is 5.69 Å². The van der Waals surface area contributed by atoms with Crippen LogP contribution in [-0.4, -0.2) is 17.0 Å². The monoisotopic (exact) mass is 467 g/mol. The first-order valence-corrected chi connectivity index (χ1v) is 9.81. The summed E-state index contributed by atoms with van der Waals surface area (Å²) in [6.45, 7) is 0.280. The molecule has 0 saturated heterocycles. The van der Waals surface area contributed by atoms with Crippen LogP contribution < -0.4 is 10.2 Å². The first-order chi connectivity index (χ1) is 14.5. The first-order valence-electron chi connectivity index (χ1n) is 9.02. The van der Waals surface area contributed by atoms with E-state index in [2.05, 4.69) is 26.5 Å². The minimum absolute atomic E-state index is 0.0409. The predicted octanol–water partition coefficient (Wildman–Crippen LogP) is 4.63. The van der Waals surface area contributed by atoms with E-state index in [1.54, 1.807) is 24.3 Å². The van der Waals surface area contributed by atoms with Crippen molar-refractivity contribution in [1.29, 1.82) is 0 Å². The van der Waals surface area contributed by atoms with Crippen LogP contribution in [0.1, 0.15) is 16.7 Å². The number of hydrogen-bond acceptors (Lipinski definition) is 5. The van der Waals surface area contributed by atoms with Crippen LogP contribution in [0.15, 0.2) is 82.4 Å². The van der Waals surface area contributed by atoms with E-state index >= 15 is 0 Å². The van der Waals surface area contributed by atoms with Crippen molar-refractivity contribution in [2.45, 2.75) is 13.0 Å². The number of benzene rings is 3. The number of nitro benzene ring substituents is 1. The fourth-order valence-electron chi connectivity index (χ4n) is 2.57. The zero-order valence-corrected chi connectivity index (χ0v) is 17.4. The molecule has 3 aromatic rings. The molecule has 0 heterocycles. The van der Waals surface area contributed by atoms with Gasteiger partial charge < -0.3 is 4.74 Å². The summed E-state index contributed by atoms with van der Waals surface area (Å²) in [5, 5.41) is 14.7. The number of hydrogen-bond donors (Lipinski definition) is 1. The van der Waals surface area contributed by atoms with Gasteiger partial charge in [0.1, 0.15) is 12.4 Å². The number of nitro groups is 1. The van der Waals surface area contributed by atoms with Crippen LogP contribution in [0.2, 0.25) is 0 Å². The second-order valence-corrected chi connectivity index (χ2v) is 7.30. The molecule has 7 nitrogen and oxygen atoms in total. The highest BCUT2D eigenvalue weighted by atomic mass is 79.9. The minimum Gasteiger partial charge on any atom is -0.489 e. The Hall–Kier alpha value is -3.52. The van der Waals surface area contributed by atoms with Crippen molar-refractivity contribution in [3.8, 4) is 5.75 Å². The molecule has 3 rings (SSSR count). The maximum absolute atomic E-state index is 12.0. The number of non-ortho nitro benzene ring substituents is 1. The summed E-state index contributed by atoms with van der Waals surface area (Å²) in [7, 11) is 0. The van der Waals surface area contributed by atoms with Crippen molar-refractivity contribution in [1.82, 2.24) is 5.43 Å². The average Bonchev–Trinajstić information content (AvgIpc) is 2.74. The van der Waals surface area contributed by atoms with Crippen LogP contribution in [0, 0.1) is 10.1 Å². The molecule has 1 amide bonds. The molecule has 0 aliphatic carbocycles. The second kappa shape index (κ2) is 10.3. The molecule has 0 aromatic heterocycles. The van der Waals surface area contributed by atoms with Gasteiger partial charge in [-0.2, -0.15) is 5.10 Å². The van der Waals surface area contributed by atoms with Crippen LogP contribution in [-0.2, 0) is 17.8 Å². The Labute approximate surface area is 181 Å². The summed E-state index contributed by atoms with van der Waals surface area (Å²) in [4.78, 5) is 22.2. The second-order valence-electron chi connectivity index (χ2n) is 6.38. The Morgan fingerprint density at radius 1 is 1.07 bits per heavy atom. The van der Waals surface area contributed by atoms with Gasteiger partial charge in [0.15, 0.2) is 0 Å². The number of hydrazone groups is 1. The zero-order valence-electron chi connectivity index (χ0n) is 15.8. The Bertz CT molecular complexity index is 1050. The number of amides is 1. The number of ether oxygens (including phenoxy) is 1. The molecule has 30 heavy (non-hydrogen) atoms. The summed E-state index contributed by atoms with van der Waals surface area (Å²) >= 11 is 3.36. The van der Waals surface area contributed by atoms with E-state index in [-0.39, 0.29) is 24.6 Å². The van der Waals surface area contributed by atoms with Gasteiger partial charge in [-0.25, -0.2) is 5.43 Å². The highest BCUT2D eigenvalue weighted by Gasteiger charge is 2.05. The number of halogens is 1. The lowest BCUT2D eigenvalue weighted by atomic mass is 10.1. The largest absolute Gasteiger partial charge is 0.489 e. The van der Waals surface area contributed by atoms with Gasteiger partial charge in [0, 0.05) is 16.6 Å². The van der Waals surface area contributed by atoms with Crippen LogP contribution in [0.3, 0.4) is 0 Å². The van der Waals surface area contributed by atoms with E-state index in [0.29, 0.717) is 5.75 Å². The van der Waals surface area contributed by atoms with Gasteiger partial charge in [-0.3, -0.25) is 14.9 Å². The normalized spacial score (nSPS) is 10.7. The smallest absolute Gasteiger partial charge is 0.269 e. The topological polar surface area (TPSA) is 93.8 Å². The van der Waals surface area contributed by atoms with Crippen molar-refractivity contribution in [3.05, 3.63) is 104 Å². The number of rotatable bonds is 8. The fraction of sp³-hybridized carbons (Fsp3) is 0.0909. The molecule has 0 spiro atoms. The van der Waals surface area contributed by atoms with E-state index in [1.165, 1.54) is 18.3 Å². The molecule has 0 radical (unpaired) electrons. The third kappa shape index (κ3) is 6.52. The van der Waals surface area contributed by atoms with Gasteiger partial charge in [-0.05, 0) is 53.1 Å². The van der Waals surface area contributed by atoms with Gasteiger partial charge in [0.2, 0.25) is 5.91 Å². The van der Waals surface area contributed by atoms with Gasteiger partial charge >= 0.3 is 0 Å². The Balaban J connectivity index is 1.51.